The predicted octanol–water partition coefficient (Wildman–Crippen LogP) is 0.0535. The first-order chi connectivity index (χ1) is 4.04. The molecule has 1 atom stereocenters. The molecule has 54 valence electrons. The highest BCUT2D eigenvalue weighted by Crippen LogP contribution is 2.00. The molecule has 0 aromatic carbocycles. The lowest BCUT2D eigenvalue weighted by atomic mass is 10.2. The number of halogens is 2. The van der Waals surface area contributed by atoms with Crippen LogP contribution in [0.4, 0.5) is 8.78 Å². The van der Waals surface area contributed by atoms with Gasteiger partial charge in [-0.25, -0.2) is 8.78 Å². The Kier molecular flexibility index (Phi) is 3.08. The van der Waals surface area contributed by atoms with E-state index >= 15 is 0 Å². The Balaban J connectivity index is 3.50. The van der Waals surface area contributed by atoms with Crippen molar-refractivity contribution in [3.8, 4) is 0 Å². The summed E-state index contributed by atoms with van der Waals surface area (Å²) in [6.07, 6.45) is -3.43. The number of rotatable bonds is 3. The van der Waals surface area contributed by atoms with Crippen LogP contribution in [0.5, 0.6) is 0 Å². The number of hydrogen-bond acceptors (Lipinski definition) is 2. The average molecular weight is 139 g/mol. The van der Waals surface area contributed by atoms with Gasteiger partial charge in [-0.3, -0.25) is 4.79 Å². The van der Waals surface area contributed by atoms with E-state index < -0.39 is 24.9 Å². The van der Waals surface area contributed by atoms with Gasteiger partial charge in [0.15, 0.2) is 0 Å². The third-order valence-corrected chi connectivity index (χ3v) is 0.734. The van der Waals surface area contributed by atoms with Crippen molar-refractivity contribution in [1.82, 2.24) is 0 Å². The van der Waals surface area contributed by atoms with Gasteiger partial charge in [0.05, 0.1) is 12.5 Å². The standard InChI is InChI=1S/C4H7F2NO2/c5-4(6)2(7)1-3(8)9/h2,4H,1,7H2,(H,8,9). The molecule has 0 aliphatic heterocycles. The van der Waals surface area contributed by atoms with Gasteiger partial charge in [0.1, 0.15) is 0 Å². The van der Waals surface area contributed by atoms with Crippen LogP contribution in [0.2, 0.25) is 0 Å². The van der Waals surface area contributed by atoms with Crippen molar-refractivity contribution in [3.05, 3.63) is 0 Å². The van der Waals surface area contributed by atoms with E-state index in [0.717, 1.165) is 0 Å². The molecule has 9 heavy (non-hydrogen) atoms. The zero-order chi connectivity index (χ0) is 7.44. The molecule has 0 spiro atoms. The summed E-state index contributed by atoms with van der Waals surface area (Å²) in [4.78, 5) is 9.70. The third kappa shape index (κ3) is 3.84. The topological polar surface area (TPSA) is 63.3 Å². The molecule has 0 bridgehead atoms. The maximum Gasteiger partial charge on any atom is 0.305 e. The quantitative estimate of drug-likeness (QED) is 0.580. The fraction of sp³-hybridized carbons (Fsp3) is 0.750. The first kappa shape index (κ1) is 8.29. The van der Waals surface area contributed by atoms with E-state index in [0.29, 0.717) is 0 Å². The van der Waals surface area contributed by atoms with Gasteiger partial charge in [-0.2, -0.15) is 0 Å². The second-order valence-corrected chi connectivity index (χ2v) is 1.60. The summed E-state index contributed by atoms with van der Waals surface area (Å²) >= 11 is 0. The number of nitrogens with two attached hydrogens (primary N) is 1. The van der Waals surface area contributed by atoms with Crippen LogP contribution in [0, 0.1) is 0 Å². The van der Waals surface area contributed by atoms with E-state index in [1.807, 2.05) is 0 Å². The third-order valence-electron chi connectivity index (χ3n) is 0.734. The molecule has 0 saturated heterocycles. The van der Waals surface area contributed by atoms with Gasteiger partial charge in [-0.15, -0.1) is 0 Å². The summed E-state index contributed by atoms with van der Waals surface area (Å²) in [5.74, 6) is -1.30. The molecule has 0 aliphatic rings. The van der Waals surface area contributed by atoms with Crippen LogP contribution in [0.25, 0.3) is 0 Å². The van der Waals surface area contributed by atoms with Crippen LogP contribution < -0.4 is 5.73 Å². The molecule has 0 radical (unpaired) electrons. The monoisotopic (exact) mass is 139 g/mol. The highest BCUT2D eigenvalue weighted by molar-refractivity contribution is 5.67. The Morgan fingerprint density at radius 1 is 1.67 bits per heavy atom. The fourth-order valence-electron chi connectivity index (χ4n) is 0.291. The van der Waals surface area contributed by atoms with Gasteiger partial charge < -0.3 is 10.8 Å². The van der Waals surface area contributed by atoms with Crippen molar-refractivity contribution in [3.63, 3.8) is 0 Å². The molecule has 0 rings (SSSR count). The van der Waals surface area contributed by atoms with Crippen LogP contribution in [0.3, 0.4) is 0 Å². The van der Waals surface area contributed by atoms with Gasteiger partial charge in [0.25, 0.3) is 6.43 Å². The Labute approximate surface area is 50.5 Å². The number of aliphatic carboxylic acids is 1. The molecule has 0 aromatic rings. The van der Waals surface area contributed by atoms with Crippen LogP contribution in [0.1, 0.15) is 6.42 Å². The molecular formula is C4H7F2NO2. The fourth-order valence-corrected chi connectivity index (χ4v) is 0.291. The smallest absolute Gasteiger partial charge is 0.305 e. The van der Waals surface area contributed by atoms with E-state index in [4.69, 9.17) is 5.11 Å². The summed E-state index contributed by atoms with van der Waals surface area (Å²) < 4.78 is 22.8. The van der Waals surface area contributed by atoms with Gasteiger partial charge >= 0.3 is 5.97 Å². The maximum atomic E-state index is 11.4. The highest BCUT2D eigenvalue weighted by atomic mass is 19.3. The van der Waals surface area contributed by atoms with Crippen LogP contribution >= 0.6 is 0 Å². The van der Waals surface area contributed by atoms with Crippen LogP contribution in [0.15, 0.2) is 0 Å². The highest BCUT2D eigenvalue weighted by Gasteiger charge is 2.17. The number of alkyl halides is 2. The molecule has 0 fully saturated rings. The minimum absolute atomic E-state index is 0.683. The first-order valence-corrected chi connectivity index (χ1v) is 2.29. The second kappa shape index (κ2) is 3.34. The largest absolute Gasteiger partial charge is 0.481 e. The van der Waals surface area contributed by atoms with Crippen molar-refractivity contribution < 1.29 is 18.7 Å². The molecule has 0 aliphatic carbocycles. The lowest BCUT2D eigenvalue weighted by Gasteiger charge is -2.04. The summed E-state index contributed by atoms with van der Waals surface area (Å²) in [6.45, 7) is 0. The predicted molar refractivity (Wildman–Crippen MR) is 26.2 cm³/mol. The zero-order valence-electron chi connectivity index (χ0n) is 4.55. The summed E-state index contributed by atoms with van der Waals surface area (Å²) in [5.41, 5.74) is 4.69. The van der Waals surface area contributed by atoms with Crippen molar-refractivity contribution in [1.29, 1.82) is 0 Å². The SMILES string of the molecule is NC(CC(=O)O)C(F)F. The summed E-state index contributed by atoms with van der Waals surface area (Å²) in [6, 6.07) is -1.54. The molecule has 3 N–H and O–H groups in total. The normalized spacial score (nSPS) is 13.8. The number of carboxylic acid groups (broad SMARTS) is 1. The second-order valence-electron chi connectivity index (χ2n) is 1.60. The maximum absolute atomic E-state index is 11.4. The lowest BCUT2D eigenvalue weighted by molar-refractivity contribution is -0.138. The van der Waals surface area contributed by atoms with Gasteiger partial charge in [-0.05, 0) is 0 Å². The molecule has 0 saturated carbocycles. The van der Waals surface area contributed by atoms with E-state index in [1.165, 1.54) is 0 Å². The minimum Gasteiger partial charge on any atom is -0.481 e. The van der Waals surface area contributed by atoms with Crippen molar-refractivity contribution >= 4 is 5.97 Å². The van der Waals surface area contributed by atoms with Crippen LogP contribution in [-0.4, -0.2) is 23.5 Å². The Morgan fingerprint density at radius 3 is 2.22 bits per heavy atom. The molecule has 1 unspecified atom stereocenters. The van der Waals surface area contributed by atoms with Gasteiger partial charge in [-0.1, -0.05) is 0 Å². The van der Waals surface area contributed by atoms with Crippen LogP contribution in [-0.2, 0) is 4.79 Å². The molecular weight excluding hydrogens is 132 g/mol. The van der Waals surface area contributed by atoms with Gasteiger partial charge in [0.2, 0.25) is 0 Å². The van der Waals surface area contributed by atoms with Gasteiger partial charge in [0, 0.05) is 0 Å². The first-order valence-electron chi connectivity index (χ1n) is 2.29. The zero-order valence-corrected chi connectivity index (χ0v) is 4.55. The van der Waals surface area contributed by atoms with Crippen molar-refractivity contribution in [2.75, 3.05) is 0 Å². The summed E-state index contributed by atoms with van der Waals surface area (Å²) in [5, 5.41) is 7.92. The lowest BCUT2D eigenvalue weighted by Crippen LogP contribution is -2.31. The van der Waals surface area contributed by atoms with Crippen molar-refractivity contribution in [2.45, 2.75) is 18.9 Å². The molecule has 0 aromatic heterocycles. The number of hydrogen-bond donors (Lipinski definition) is 2. The molecule has 0 amide bonds. The van der Waals surface area contributed by atoms with E-state index in [2.05, 4.69) is 5.73 Å². The molecule has 3 nitrogen and oxygen atoms in total. The Morgan fingerprint density at radius 2 is 2.11 bits per heavy atom. The number of carbonyl (C=O) groups is 1. The minimum atomic E-state index is -2.75. The molecule has 5 heteroatoms. The van der Waals surface area contributed by atoms with Crippen molar-refractivity contribution in [2.24, 2.45) is 5.73 Å². The van der Waals surface area contributed by atoms with E-state index in [1.54, 1.807) is 0 Å². The Hall–Kier alpha value is -0.710. The van der Waals surface area contributed by atoms with E-state index in [-0.39, 0.29) is 0 Å². The molecule has 0 heterocycles. The van der Waals surface area contributed by atoms with E-state index in [9.17, 15) is 13.6 Å². The summed E-state index contributed by atoms with van der Waals surface area (Å²) in [7, 11) is 0. The Bertz CT molecular complexity index is 107. The number of carboxylic acids is 1. The average Bonchev–Trinajstić information content (AvgIpc) is 1.63.